The van der Waals surface area contributed by atoms with Crippen LogP contribution in [0.5, 0.6) is 0 Å². The summed E-state index contributed by atoms with van der Waals surface area (Å²) in [5.74, 6) is -0.770. The number of ether oxygens (including phenoxy) is 2. The maximum atomic E-state index is 11.0. The first-order valence-corrected chi connectivity index (χ1v) is 6.36. The van der Waals surface area contributed by atoms with Gasteiger partial charge in [0.2, 0.25) is 0 Å². The minimum atomic E-state index is -0.489. The smallest absolute Gasteiger partial charge is 0.330 e. The van der Waals surface area contributed by atoms with Crippen LogP contribution in [-0.2, 0) is 19.1 Å². The van der Waals surface area contributed by atoms with Gasteiger partial charge in [-0.15, -0.1) is 0 Å². The van der Waals surface area contributed by atoms with Gasteiger partial charge in [-0.25, -0.2) is 9.59 Å². The highest BCUT2D eigenvalue weighted by Crippen LogP contribution is 2.06. The summed E-state index contributed by atoms with van der Waals surface area (Å²) in [7, 11) is 1.30. The molecule has 0 heterocycles. The summed E-state index contributed by atoms with van der Waals surface area (Å²) in [6.45, 7) is 2.12. The number of esters is 2. The third-order valence-corrected chi connectivity index (χ3v) is 2.31. The number of methoxy groups -OCH3 is 1. The van der Waals surface area contributed by atoms with Crippen molar-refractivity contribution in [2.75, 3.05) is 13.7 Å². The van der Waals surface area contributed by atoms with E-state index in [0.29, 0.717) is 25.9 Å². The van der Waals surface area contributed by atoms with Gasteiger partial charge in [0.1, 0.15) is 0 Å². The summed E-state index contributed by atoms with van der Waals surface area (Å²) < 4.78 is 9.15. The Labute approximate surface area is 113 Å². The van der Waals surface area contributed by atoms with E-state index in [-0.39, 0.29) is 5.97 Å². The van der Waals surface area contributed by atoms with Crippen LogP contribution in [0.3, 0.4) is 0 Å². The maximum absolute atomic E-state index is 11.0. The van der Waals surface area contributed by atoms with Crippen molar-refractivity contribution in [1.29, 1.82) is 0 Å². The summed E-state index contributed by atoms with van der Waals surface area (Å²) in [5.41, 5.74) is 0. The Bertz CT molecular complexity index is 320. The molecule has 1 N–H and O–H groups in total. The molecule has 0 spiro atoms. The Morgan fingerprint density at radius 1 is 1.21 bits per heavy atom. The quantitative estimate of drug-likeness (QED) is 0.392. The summed E-state index contributed by atoms with van der Waals surface area (Å²) in [6.07, 6.45) is 8.02. The normalized spacial score (nSPS) is 12.8. The van der Waals surface area contributed by atoms with Gasteiger partial charge in [-0.3, -0.25) is 0 Å². The van der Waals surface area contributed by atoms with Crippen molar-refractivity contribution in [2.45, 2.75) is 38.7 Å². The number of hydrogen-bond donors (Lipinski definition) is 1. The van der Waals surface area contributed by atoms with Gasteiger partial charge in [0.05, 0.1) is 19.8 Å². The zero-order valence-electron chi connectivity index (χ0n) is 11.5. The van der Waals surface area contributed by atoms with Crippen LogP contribution in [0.25, 0.3) is 0 Å². The first-order valence-electron chi connectivity index (χ1n) is 6.36. The van der Waals surface area contributed by atoms with Crippen molar-refractivity contribution in [2.24, 2.45) is 0 Å². The predicted molar refractivity (Wildman–Crippen MR) is 71.4 cm³/mol. The lowest BCUT2D eigenvalue weighted by Crippen LogP contribution is -2.05. The van der Waals surface area contributed by atoms with Crippen LogP contribution >= 0.6 is 0 Å². The fourth-order valence-corrected chi connectivity index (χ4v) is 1.35. The van der Waals surface area contributed by atoms with Gasteiger partial charge in [-0.05, 0) is 32.6 Å². The Kier molecular flexibility index (Phi) is 10.5. The topological polar surface area (TPSA) is 72.8 Å². The molecular weight excluding hydrogens is 248 g/mol. The molecule has 0 amide bonds. The molecule has 5 nitrogen and oxygen atoms in total. The van der Waals surface area contributed by atoms with Crippen LogP contribution in [0, 0.1) is 0 Å². The lowest BCUT2D eigenvalue weighted by molar-refractivity contribution is -0.137. The van der Waals surface area contributed by atoms with Crippen LogP contribution < -0.4 is 0 Å². The van der Waals surface area contributed by atoms with Crippen molar-refractivity contribution in [3.63, 3.8) is 0 Å². The molecule has 0 saturated heterocycles. The van der Waals surface area contributed by atoms with E-state index in [1.807, 2.05) is 0 Å². The van der Waals surface area contributed by atoms with Crippen LogP contribution in [0.1, 0.15) is 32.6 Å². The van der Waals surface area contributed by atoms with Gasteiger partial charge in [0.25, 0.3) is 0 Å². The fraction of sp³-hybridized carbons (Fsp3) is 0.571. The molecule has 0 aromatic carbocycles. The van der Waals surface area contributed by atoms with Crippen molar-refractivity contribution in [3.8, 4) is 0 Å². The Hall–Kier alpha value is -1.62. The van der Waals surface area contributed by atoms with Crippen molar-refractivity contribution in [3.05, 3.63) is 24.3 Å². The molecule has 0 aliphatic carbocycles. The van der Waals surface area contributed by atoms with Crippen LogP contribution in [0.15, 0.2) is 24.3 Å². The SMILES string of the molecule is CCOC(=O)/C=C/CCC[C@H](O)C/C=C/C(=O)OC. The highest BCUT2D eigenvalue weighted by molar-refractivity contribution is 5.82. The lowest BCUT2D eigenvalue weighted by Gasteiger charge is -2.05. The molecule has 108 valence electrons. The monoisotopic (exact) mass is 270 g/mol. The molecule has 0 aromatic rings. The molecular formula is C14H22O5. The zero-order chi connectivity index (χ0) is 14.5. The minimum Gasteiger partial charge on any atom is -0.466 e. The first-order chi connectivity index (χ1) is 9.10. The van der Waals surface area contributed by atoms with Crippen molar-refractivity contribution >= 4 is 11.9 Å². The predicted octanol–water partition coefficient (Wildman–Crippen LogP) is 1.76. The van der Waals surface area contributed by atoms with E-state index in [4.69, 9.17) is 4.74 Å². The third-order valence-electron chi connectivity index (χ3n) is 2.31. The number of carbonyl (C=O) groups excluding carboxylic acids is 2. The van der Waals surface area contributed by atoms with E-state index in [1.165, 1.54) is 19.3 Å². The highest BCUT2D eigenvalue weighted by Gasteiger charge is 2.01. The second kappa shape index (κ2) is 11.5. The Morgan fingerprint density at radius 2 is 1.89 bits per heavy atom. The Morgan fingerprint density at radius 3 is 2.53 bits per heavy atom. The summed E-state index contributed by atoms with van der Waals surface area (Å²) in [6, 6.07) is 0. The van der Waals surface area contributed by atoms with Gasteiger partial charge in [0.15, 0.2) is 0 Å². The summed E-state index contributed by atoms with van der Waals surface area (Å²) >= 11 is 0. The molecule has 0 saturated carbocycles. The molecule has 5 heteroatoms. The number of unbranched alkanes of at least 4 members (excludes halogenated alkanes) is 1. The minimum absolute atomic E-state index is 0.343. The summed E-state index contributed by atoms with van der Waals surface area (Å²) in [5, 5.41) is 9.61. The number of allylic oxidation sites excluding steroid dienone is 1. The Balaban J connectivity index is 3.63. The number of rotatable bonds is 9. The molecule has 19 heavy (non-hydrogen) atoms. The molecule has 0 bridgehead atoms. The van der Waals surface area contributed by atoms with Gasteiger partial charge >= 0.3 is 11.9 Å². The molecule has 0 unspecified atom stereocenters. The van der Waals surface area contributed by atoms with Crippen molar-refractivity contribution in [1.82, 2.24) is 0 Å². The molecule has 0 aliphatic heterocycles. The average molecular weight is 270 g/mol. The van der Waals surface area contributed by atoms with E-state index in [9.17, 15) is 14.7 Å². The standard InChI is InChI=1S/C14H22O5/c1-3-19-14(17)10-6-4-5-8-12(15)9-7-11-13(16)18-2/h6-7,10-12,15H,3-5,8-9H2,1-2H3/b10-6+,11-7+/t12-/m0/s1. The fourth-order valence-electron chi connectivity index (χ4n) is 1.35. The van der Waals surface area contributed by atoms with Crippen LogP contribution in [0.2, 0.25) is 0 Å². The average Bonchev–Trinajstić information content (AvgIpc) is 2.38. The van der Waals surface area contributed by atoms with Crippen molar-refractivity contribution < 1.29 is 24.2 Å². The maximum Gasteiger partial charge on any atom is 0.330 e. The van der Waals surface area contributed by atoms with E-state index in [1.54, 1.807) is 19.1 Å². The van der Waals surface area contributed by atoms with E-state index < -0.39 is 12.1 Å². The number of aliphatic hydroxyl groups excluding tert-OH is 1. The number of hydrogen-bond acceptors (Lipinski definition) is 5. The van der Waals surface area contributed by atoms with E-state index in [2.05, 4.69) is 4.74 Å². The number of aliphatic hydroxyl groups is 1. The second-order valence-electron chi connectivity index (χ2n) is 3.90. The molecule has 0 aliphatic rings. The van der Waals surface area contributed by atoms with Crippen LogP contribution in [0.4, 0.5) is 0 Å². The molecule has 0 radical (unpaired) electrons. The van der Waals surface area contributed by atoms with E-state index >= 15 is 0 Å². The second-order valence-corrected chi connectivity index (χ2v) is 3.90. The van der Waals surface area contributed by atoms with Gasteiger partial charge in [-0.2, -0.15) is 0 Å². The largest absolute Gasteiger partial charge is 0.466 e. The number of carbonyl (C=O) groups is 2. The highest BCUT2D eigenvalue weighted by atomic mass is 16.5. The molecule has 1 atom stereocenters. The van der Waals surface area contributed by atoms with Gasteiger partial charge < -0.3 is 14.6 Å². The third kappa shape index (κ3) is 11.2. The van der Waals surface area contributed by atoms with Crippen LogP contribution in [-0.4, -0.2) is 36.9 Å². The lowest BCUT2D eigenvalue weighted by atomic mass is 10.1. The first kappa shape index (κ1) is 17.4. The summed E-state index contributed by atoms with van der Waals surface area (Å²) in [4.78, 5) is 21.7. The van der Waals surface area contributed by atoms with Gasteiger partial charge in [-0.1, -0.05) is 12.2 Å². The van der Waals surface area contributed by atoms with Gasteiger partial charge in [0, 0.05) is 12.2 Å². The molecule has 0 rings (SSSR count). The zero-order valence-corrected chi connectivity index (χ0v) is 11.5. The molecule has 0 fully saturated rings. The molecule has 0 aromatic heterocycles. The van der Waals surface area contributed by atoms with E-state index in [0.717, 1.165) is 6.42 Å².